The van der Waals surface area contributed by atoms with E-state index in [1.54, 1.807) is 11.3 Å². The van der Waals surface area contributed by atoms with Gasteiger partial charge < -0.3 is 11.1 Å². The summed E-state index contributed by atoms with van der Waals surface area (Å²) in [5.41, 5.74) is 10.3. The minimum Gasteiger partial charge on any atom is -0.370 e. The lowest BCUT2D eigenvalue weighted by Crippen LogP contribution is -2.08. The highest BCUT2D eigenvalue weighted by Crippen LogP contribution is 2.26. The van der Waals surface area contributed by atoms with E-state index >= 15 is 0 Å². The van der Waals surface area contributed by atoms with Crippen LogP contribution >= 0.6 is 11.3 Å². The molecular weight excluding hydrogens is 304 g/mol. The Morgan fingerprint density at radius 1 is 1.13 bits per heavy atom. The summed E-state index contributed by atoms with van der Waals surface area (Å²) in [7, 11) is 0. The second-order valence-electron chi connectivity index (χ2n) is 5.50. The monoisotopic (exact) mass is 324 g/mol. The van der Waals surface area contributed by atoms with Crippen molar-refractivity contribution < 1.29 is 0 Å². The molecule has 0 bridgehead atoms. The molecule has 3 N–H and O–H groups in total. The number of anilines is 2. The van der Waals surface area contributed by atoms with Gasteiger partial charge in [0.05, 0.1) is 5.69 Å². The molecule has 0 saturated carbocycles. The van der Waals surface area contributed by atoms with Crippen molar-refractivity contribution in [3.63, 3.8) is 0 Å². The molecular formula is C18H20N4S. The van der Waals surface area contributed by atoms with E-state index in [0.29, 0.717) is 5.95 Å². The molecule has 5 heteroatoms. The van der Waals surface area contributed by atoms with Gasteiger partial charge in [-0.25, -0.2) is 4.98 Å². The van der Waals surface area contributed by atoms with Crippen LogP contribution in [0.2, 0.25) is 0 Å². The predicted octanol–water partition coefficient (Wildman–Crippen LogP) is 4.06. The Hall–Kier alpha value is -2.40. The second-order valence-corrected chi connectivity index (χ2v) is 6.53. The smallest absolute Gasteiger partial charge is 0.222 e. The number of aromatic nitrogens is 2. The standard InChI is InChI=1S/C18H20N4S/c1-12-5-3-7-15(13(12)2)16-11-17(22-18(19)21-16)20-9-8-14-6-4-10-23-14/h3-7,10-11H,8-9H2,1-2H3,(H3,19,20,21,22). The maximum atomic E-state index is 5.89. The fraction of sp³-hybridized carbons (Fsp3) is 0.222. The first-order chi connectivity index (χ1) is 11.1. The number of benzene rings is 1. The molecule has 1 aromatic carbocycles. The minimum absolute atomic E-state index is 0.294. The second kappa shape index (κ2) is 6.79. The number of hydrogen-bond donors (Lipinski definition) is 2. The maximum Gasteiger partial charge on any atom is 0.222 e. The van der Waals surface area contributed by atoms with Gasteiger partial charge in [0.25, 0.3) is 0 Å². The van der Waals surface area contributed by atoms with Gasteiger partial charge in [-0.2, -0.15) is 4.98 Å². The largest absolute Gasteiger partial charge is 0.370 e. The lowest BCUT2D eigenvalue weighted by Gasteiger charge is -2.11. The molecule has 0 saturated heterocycles. The molecule has 0 unspecified atom stereocenters. The average Bonchev–Trinajstić information content (AvgIpc) is 3.03. The zero-order valence-electron chi connectivity index (χ0n) is 13.3. The molecule has 0 aliphatic rings. The first-order valence-electron chi connectivity index (χ1n) is 7.61. The van der Waals surface area contributed by atoms with Crippen molar-refractivity contribution in [2.45, 2.75) is 20.3 Å². The Morgan fingerprint density at radius 3 is 2.78 bits per heavy atom. The van der Waals surface area contributed by atoms with Crippen LogP contribution in [-0.4, -0.2) is 16.5 Å². The third-order valence-electron chi connectivity index (χ3n) is 3.88. The first-order valence-corrected chi connectivity index (χ1v) is 8.49. The summed E-state index contributed by atoms with van der Waals surface area (Å²) < 4.78 is 0. The Balaban J connectivity index is 1.80. The van der Waals surface area contributed by atoms with Crippen molar-refractivity contribution in [1.82, 2.24) is 9.97 Å². The van der Waals surface area contributed by atoms with Crippen LogP contribution in [0.25, 0.3) is 11.3 Å². The van der Waals surface area contributed by atoms with E-state index in [4.69, 9.17) is 5.73 Å². The van der Waals surface area contributed by atoms with Crippen LogP contribution < -0.4 is 11.1 Å². The Kier molecular flexibility index (Phi) is 4.57. The summed E-state index contributed by atoms with van der Waals surface area (Å²) in [6.07, 6.45) is 0.973. The van der Waals surface area contributed by atoms with E-state index in [9.17, 15) is 0 Å². The van der Waals surface area contributed by atoms with Crippen LogP contribution in [0.5, 0.6) is 0 Å². The van der Waals surface area contributed by atoms with E-state index in [-0.39, 0.29) is 0 Å². The lowest BCUT2D eigenvalue weighted by atomic mass is 10.0. The van der Waals surface area contributed by atoms with Gasteiger partial charge in [-0.3, -0.25) is 0 Å². The number of nitrogens with two attached hydrogens (primary N) is 1. The summed E-state index contributed by atoms with van der Waals surface area (Å²) >= 11 is 1.77. The highest BCUT2D eigenvalue weighted by molar-refractivity contribution is 7.09. The van der Waals surface area contributed by atoms with Gasteiger partial charge in [-0.15, -0.1) is 11.3 Å². The number of rotatable bonds is 5. The van der Waals surface area contributed by atoms with Crippen LogP contribution in [0, 0.1) is 13.8 Å². The van der Waals surface area contributed by atoms with Crippen molar-refractivity contribution in [1.29, 1.82) is 0 Å². The number of thiophene rings is 1. The molecule has 0 radical (unpaired) electrons. The molecule has 3 rings (SSSR count). The summed E-state index contributed by atoms with van der Waals surface area (Å²) in [6.45, 7) is 5.03. The third-order valence-corrected chi connectivity index (χ3v) is 4.82. The van der Waals surface area contributed by atoms with E-state index in [0.717, 1.165) is 30.0 Å². The van der Waals surface area contributed by atoms with Crippen LogP contribution in [0.1, 0.15) is 16.0 Å². The summed E-state index contributed by atoms with van der Waals surface area (Å²) in [6, 6.07) is 12.4. The topological polar surface area (TPSA) is 63.8 Å². The molecule has 0 aliphatic carbocycles. The SMILES string of the molecule is Cc1cccc(-c2cc(NCCc3cccs3)nc(N)n2)c1C. The molecule has 2 heterocycles. The average molecular weight is 324 g/mol. The van der Waals surface area contributed by atoms with Crippen molar-refractivity contribution in [2.24, 2.45) is 0 Å². The van der Waals surface area contributed by atoms with Crippen molar-refractivity contribution in [2.75, 3.05) is 17.6 Å². The van der Waals surface area contributed by atoms with Crippen LogP contribution in [-0.2, 0) is 6.42 Å². The van der Waals surface area contributed by atoms with Gasteiger partial charge in [-0.1, -0.05) is 24.3 Å². The first kappa shape index (κ1) is 15.5. The molecule has 23 heavy (non-hydrogen) atoms. The number of hydrogen-bond acceptors (Lipinski definition) is 5. The molecule has 0 aliphatic heterocycles. The normalized spacial score (nSPS) is 10.7. The third kappa shape index (κ3) is 3.68. The fourth-order valence-electron chi connectivity index (χ4n) is 2.49. The Bertz CT molecular complexity index is 797. The molecule has 3 aromatic rings. The maximum absolute atomic E-state index is 5.89. The highest BCUT2D eigenvalue weighted by Gasteiger charge is 2.08. The number of nitrogen functional groups attached to an aromatic ring is 1. The fourth-order valence-corrected chi connectivity index (χ4v) is 3.20. The summed E-state index contributed by atoms with van der Waals surface area (Å²) in [4.78, 5) is 10.0. The van der Waals surface area contributed by atoms with Crippen molar-refractivity contribution >= 4 is 23.1 Å². The van der Waals surface area contributed by atoms with E-state index < -0.39 is 0 Å². The zero-order chi connectivity index (χ0) is 16.2. The minimum atomic E-state index is 0.294. The highest BCUT2D eigenvalue weighted by atomic mass is 32.1. The molecule has 0 atom stereocenters. The molecule has 118 valence electrons. The van der Waals surface area contributed by atoms with Gasteiger partial charge in [0.1, 0.15) is 5.82 Å². The Morgan fingerprint density at radius 2 is 2.00 bits per heavy atom. The number of aryl methyl sites for hydroxylation is 1. The van der Waals surface area contributed by atoms with Gasteiger partial charge in [0.15, 0.2) is 0 Å². The molecule has 0 spiro atoms. The van der Waals surface area contributed by atoms with Gasteiger partial charge in [0.2, 0.25) is 5.95 Å². The number of nitrogens with one attached hydrogen (secondary N) is 1. The summed E-state index contributed by atoms with van der Waals surface area (Å²) in [5, 5.41) is 5.44. The van der Waals surface area contributed by atoms with Crippen LogP contribution in [0.4, 0.5) is 11.8 Å². The number of nitrogens with zero attached hydrogens (tertiary/aromatic N) is 2. The molecule has 0 amide bonds. The van der Waals surface area contributed by atoms with E-state index in [1.807, 2.05) is 12.1 Å². The van der Waals surface area contributed by atoms with Gasteiger partial charge in [-0.05, 0) is 42.8 Å². The Labute approximate surface area is 140 Å². The van der Waals surface area contributed by atoms with E-state index in [2.05, 4.69) is 58.8 Å². The van der Waals surface area contributed by atoms with Crippen LogP contribution in [0.15, 0.2) is 41.8 Å². The summed E-state index contributed by atoms with van der Waals surface area (Å²) in [5.74, 6) is 1.06. The molecule has 4 nitrogen and oxygen atoms in total. The zero-order valence-corrected chi connectivity index (χ0v) is 14.2. The van der Waals surface area contributed by atoms with Crippen molar-refractivity contribution in [3.05, 3.63) is 57.8 Å². The van der Waals surface area contributed by atoms with Gasteiger partial charge in [0, 0.05) is 23.1 Å². The lowest BCUT2D eigenvalue weighted by molar-refractivity contribution is 1.02. The molecule has 2 aromatic heterocycles. The van der Waals surface area contributed by atoms with Crippen molar-refractivity contribution in [3.8, 4) is 11.3 Å². The quantitative estimate of drug-likeness (QED) is 0.743. The predicted molar refractivity (Wildman–Crippen MR) is 97.9 cm³/mol. The van der Waals surface area contributed by atoms with E-state index in [1.165, 1.54) is 16.0 Å². The van der Waals surface area contributed by atoms with Gasteiger partial charge >= 0.3 is 0 Å². The molecule has 0 fully saturated rings. The van der Waals surface area contributed by atoms with Crippen LogP contribution in [0.3, 0.4) is 0 Å².